The van der Waals surface area contributed by atoms with Crippen LogP contribution >= 0.6 is 23.4 Å². The number of thioether (sulfide) groups is 1. The maximum absolute atomic E-state index is 11.9. The van der Waals surface area contributed by atoms with Crippen molar-refractivity contribution in [3.8, 4) is 11.5 Å². The normalized spacial score (nSPS) is 15.5. The van der Waals surface area contributed by atoms with Crippen LogP contribution in [0, 0.1) is 0 Å². The van der Waals surface area contributed by atoms with E-state index in [9.17, 15) is 4.79 Å². The zero-order chi connectivity index (χ0) is 15.5. The average molecular weight is 338 g/mol. The van der Waals surface area contributed by atoms with Gasteiger partial charge in [-0.15, -0.1) is 11.8 Å². The Hall–Kier alpha value is -1.53. The van der Waals surface area contributed by atoms with Gasteiger partial charge in [-0.2, -0.15) is 4.98 Å². The van der Waals surface area contributed by atoms with E-state index in [1.165, 1.54) is 11.8 Å². The minimum Gasteiger partial charge on any atom is -0.352 e. The van der Waals surface area contributed by atoms with Gasteiger partial charge in [-0.25, -0.2) is 0 Å². The largest absolute Gasteiger partial charge is 0.352 e. The average Bonchev–Trinajstić information content (AvgIpc) is 3.20. The van der Waals surface area contributed by atoms with Crippen molar-refractivity contribution in [2.75, 3.05) is 0 Å². The van der Waals surface area contributed by atoms with Gasteiger partial charge in [0.15, 0.2) is 5.82 Å². The topological polar surface area (TPSA) is 68.0 Å². The molecule has 0 saturated heterocycles. The van der Waals surface area contributed by atoms with E-state index in [0.717, 1.165) is 12.8 Å². The Morgan fingerprint density at radius 2 is 2.27 bits per heavy atom. The number of nitrogens with one attached hydrogen (secondary N) is 1. The summed E-state index contributed by atoms with van der Waals surface area (Å²) in [5, 5.41) is 7.36. The number of rotatable bonds is 6. The monoisotopic (exact) mass is 337 g/mol. The van der Waals surface area contributed by atoms with Gasteiger partial charge in [-0.1, -0.05) is 28.9 Å². The lowest BCUT2D eigenvalue weighted by Gasteiger charge is -2.09. The molecule has 1 aromatic heterocycles. The first-order valence-electron chi connectivity index (χ1n) is 7.13. The van der Waals surface area contributed by atoms with Gasteiger partial charge in [0.25, 0.3) is 5.89 Å². The summed E-state index contributed by atoms with van der Waals surface area (Å²) in [7, 11) is 0. The quantitative estimate of drug-likeness (QED) is 0.876. The maximum atomic E-state index is 11.9. The number of carbonyl (C=O) groups excluding carboxylic acids is 1. The fourth-order valence-corrected chi connectivity index (χ4v) is 2.83. The second-order valence-corrected chi connectivity index (χ2v) is 6.97. The standard InChI is InChI=1S/C15H16ClN3O2S/c1-9(14(20)17-10-6-7-10)22-8-13-18-15(21-19-13)11-4-2-3-5-12(11)16/h2-5,9-10H,6-8H2,1H3,(H,17,20). The molecular weight excluding hydrogens is 322 g/mol. The van der Waals surface area contributed by atoms with Gasteiger partial charge in [0.2, 0.25) is 5.91 Å². The summed E-state index contributed by atoms with van der Waals surface area (Å²) in [6, 6.07) is 7.70. The molecule has 1 unspecified atom stereocenters. The Labute approximate surface area is 137 Å². The highest BCUT2D eigenvalue weighted by atomic mass is 35.5. The van der Waals surface area contributed by atoms with Crippen LogP contribution in [-0.2, 0) is 10.5 Å². The van der Waals surface area contributed by atoms with Crippen LogP contribution in [0.15, 0.2) is 28.8 Å². The van der Waals surface area contributed by atoms with E-state index in [2.05, 4.69) is 15.5 Å². The minimum atomic E-state index is -0.136. The fraction of sp³-hybridized carbons (Fsp3) is 0.400. The predicted octanol–water partition coefficient (Wildman–Crippen LogP) is 3.29. The summed E-state index contributed by atoms with van der Waals surface area (Å²) in [5.41, 5.74) is 0.715. The van der Waals surface area contributed by atoms with Crippen molar-refractivity contribution in [2.24, 2.45) is 0 Å². The summed E-state index contributed by atoms with van der Waals surface area (Å²) >= 11 is 7.60. The molecule has 5 nitrogen and oxygen atoms in total. The van der Waals surface area contributed by atoms with E-state index in [4.69, 9.17) is 16.1 Å². The van der Waals surface area contributed by atoms with Crippen LogP contribution in [-0.4, -0.2) is 27.3 Å². The molecule has 0 bridgehead atoms. The molecular formula is C15H16ClN3O2S. The van der Waals surface area contributed by atoms with Gasteiger partial charge in [0.05, 0.1) is 21.6 Å². The highest BCUT2D eigenvalue weighted by Crippen LogP contribution is 2.27. The van der Waals surface area contributed by atoms with Crippen LogP contribution in [0.25, 0.3) is 11.5 Å². The number of amides is 1. The van der Waals surface area contributed by atoms with E-state index in [-0.39, 0.29) is 11.2 Å². The lowest BCUT2D eigenvalue weighted by molar-refractivity contribution is -0.120. The molecule has 0 aliphatic heterocycles. The molecule has 1 saturated carbocycles. The van der Waals surface area contributed by atoms with Crippen molar-refractivity contribution in [1.82, 2.24) is 15.5 Å². The van der Waals surface area contributed by atoms with Crippen molar-refractivity contribution in [2.45, 2.75) is 36.8 Å². The Kier molecular flexibility index (Phi) is 4.69. The number of benzene rings is 1. The summed E-state index contributed by atoms with van der Waals surface area (Å²) in [4.78, 5) is 16.2. The molecule has 1 aliphatic rings. The second kappa shape index (κ2) is 6.71. The van der Waals surface area contributed by atoms with Crippen molar-refractivity contribution in [1.29, 1.82) is 0 Å². The molecule has 0 spiro atoms. The van der Waals surface area contributed by atoms with Crippen LogP contribution in [0.3, 0.4) is 0 Å². The molecule has 116 valence electrons. The van der Waals surface area contributed by atoms with E-state index in [1.54, 1.807) is 6.07 Å². The van der Waals surface area contributed by atoms with Gasteiger partial charge in [0, 0.05) is 6.04 Å². The van der Waals surface area contributed by atoms with E-state index in [1.807, 2.05) is 25.1 Å². The Morgan fingerprint density at radius 1 is 1.50 bits per heavy atom. The number of hydrogen-bond acceptors (Lipinski definition) is 5. The third-order valence-corrected chi connectivity index (χ3v) is 4.80. The van der Waals surface area contributed by atoms with Crippen molar-refractivity contribution in [3.05, 3.63) is 35.1 Å². The van der Waals surface area contributed by atoms with E-state index >= 15 is 0 Å². The number of nitrogens with zero attached hydrogens (tertiary/aromatic N) is 2. The molecule has 1 N–H and O–H groups in total. The third-order valence-electron chi connectivity index (χ3n) is 3.33. The lowest BCUT2D eigenvalue weighted by Crippen LogP contribution is -2.32. The van der Waals surface area contributed by atoms with Crippen LogP contribution in [0.2, 0.25) is 5.02 Å². The zero-order valence-electron chi connectivity index (χ0n) is 12.1. The van der Waals surface area contributed by atoms with Gasteiger partial charge in [0.1, 0.15) is 0 Å². The molecule has 0 radical (unpaired) electrons. The summed E-state index contributed by atoms with van der Waals surface area (Å²) < 4.78 is 5.24. The van der Waals surface area contributed by atoms with Crippen LogP contribution < -0.4 is 5.32 Å². The predicted molar refractivity (Wildman–Crippen MR) is 86.7 cm³/mol. The third kappa shape index (κ3) is 3.81. The van der Waals surface area contributed by atoms with Crippen LogP contribution in [0.1, 0.15) is 25.6 Å². The summed E-state index contributed by atoms with van der Waals surface area (Å²) in [5.74, 6) is 1.55. The summed E-state index contributed by atoms with van der Waals surface area (Å²) in [6.45, 7) is 1.89. The maximum Gasteiger partial charge on any atom is 0.259 e. The molecule has 1 heterocycles. The Morgan fingerprint density at radius 3 is 3.00 bits per heavy atom. The Balaban J connectivity index is 1.57. The van der Waals surface area contributed by atoms with E-state index < -0.39 is 0 Å². The molecule has 1 atom stereocenters. The first-order chi connectivity index (χ1) is 10.6. The highest BCUT2D eigenvalue weighted by molar-refractivity contribution is 7.99. The van der Waals surface area contributed by atoms with Gasteiger partial charge in [-0.3, -0.25) is 4.79 Å². The van der Waals surface area contributed by atoms with E-state index in [0.29, 0.717) is 34.1 Å². The molecule has 1 aliphatic carbocycles. The van der Waals surface area contributed by atoms with Crippen molar-refractivity contribution < 1.29 is 9.32 Å². The second-order valence-electron chi connectivity index (χ2n) is 5.23. The first kappa shape index (κ1) is 15.4. The number of aromatic nitrogens is 2. The van der Waals surface area contributed by atoms with Crippen molar-refractivity contribution >= 4 is 29.3 Å². The molecule has 3 rings (SSSR count). The Bertz CT molecular complexity index is 672. The van der Waals surface area contributed by atoms with Gasteiger partial charge in [-0.05, 0) is 31.9 Å². The zero-order valence-corrected chi connectivity index (χ0v) is 13.7. The minimum absolute atomic E-state index is 0.0716. The summed E-state index contributed by atoms with van der Waals surface area (Å²) in [6.07, 6.45) is 2.18. The highest BCUT2D eigenvalue weighted by Gasteiger charge is 2.26. The number of halogens is 1. The van der Waals surface area contributed by atoms with Gasteiger partial charge < -0.3 is 9.84 Å². The lowest BCUT2D eigenvalue weighted by atomic mass is 10.2. The van der Waals surface area contributed by atoms with Crippen LogP contribution in [0.5, 0.6) is 0 Å². The molecule has 1 fully saturated rings. The molecule has 1 aromatic carbocycles. The molecule has 7 heteroatoms. The number of carbonyl (C=O) groups is 1. The molecule has 1 amide bonds. The SMILES string of the molecule is CC(SCc1noc(-c2ccccc2Cl)n1)C(=O)NC1CC1. The van der Waals surface area contributed by atoms with Crippen LogP contribution in [0.4, 0.5) is 0 Å². The fourth-order valence-electron chi connectivity index (χ4n) is 1.88. The molecule has 2 aromatic rings. The van der Waals surface area contributed by atoms with Gasteiger partial charge >= 0.3 is 0 Å². The molecule has 22 heavy (non-hydrogen) atoms. The number of hydrogen-bond donors (Lipinski definition) is 1. The van der Waals surface area contributed by atoms with Crippen molar-refractivity contribution in [3.63, 3.8) is 0 Å². The smallest absolute Gasteiger partial charge is 0.259 e. The first-order valence-corrected chi connectivity index (χ1v) is 8.55.